The average molecular weight is 277 g/mol. The van der Waals surface area contributed by atoms with Crippen LogP contribution < -0.4 is 5.32 Å². The zero-order valence-electron chi connectivity index (χ0n) is 11.5. The van der Waals surface area contributed by atoms with Crippen molar-refractivity contribution in [1.82, 2.24) is 5.32 Å². The normalized spacial score (nSPS) is 21.1. The second-order valence-corrected chi connectivity index (χ2v) is 4.98. The van der Waals surface area contributed by atoms with Crippen molar-refractivity contribution in [2.75, 3.05) is 13.2 Å². The van der Waals surface area contributed by atoms with Crippen LogP contribution in [-0.4, -0.2) is 30.2 Å². The molecule has 1 saturated heterocycles. The minimum atomic E-state index is -1.37. The SMILES string of the molecule is CC[C@@](NC(=O)[C@@H]1CCOC1)(C(=O)O)c1ccccc1. The van der Waals surface area contributed by atoms with Crippen molar-refractivity contribution in [3.63, 3.8) is 0 Å². The Kier molecular flexibility index (Phi) is 4.39. The van der Waals surface area contributed by atoms with E-state index in [0.29, 0.717) is 25.2 Å². The summed E-state index contributed by atoms with van der Waals surface area (Å²) in [5.74, 6) is -1.56. The fraction of sp³-hybridized carbons (Fsp3) is 0.467. The van der Waals surface area contributed by atoms with Crippen LogP contribution in [0.3, 0.4) is 0 Å². The minimum absolute atomic E-state index is 0.254. The monoisotopic (exact) mass is 277 g/mol. The number of aliphatic carboxylic acids is 1. The topological polar surface area (TPSA) is 75.6 Å². The van der Waals surface area contributed by atoms with Crippen LogP contribution in [0.15, 0.2) is 30.3 Å². The molecule has 0 unspecified atom stereocenters. The highest BCUT2D eigenvalue weighted by molar-refractivity contribution is 5.89. The van der Waals surface area contributed by atoms with Crippen molar-refractivity contribution in [3.8, 4) is 0 Å². The van der Waals surface area contributed by atoms with Gasteiger partial charge in [0.2, 0.25) is 5.91 Å². The molecular formula is C15H19NO4. The fourth-order valence-corrected chi connectivity index (χ4v) is 2.47. The molecule has 1 amide bonds. The van der Waals surface area contributed by atoms with Gasteiger partial charge in [-0.15, -0.1) is 0 Å². The van der Waals surface area contributed by atoms with E-state index in [2.05, 4.69) is 5.32 Å². The van der Waals surface area contributed by atoms with Gasteiger partial charge in [-0.3, -0.25) is 4.79 Å². The molecule has 0 radical (unpaired) electrons. The molecule has 1 aliphatic rings. The average Bonchev–Trinajstić information content (AvgIpc) is 2.99. The number of ether oxygens (including phenoxy) is 1. The lowest BCUT2D eigenvalue weighted by Crippen LogP contribution is -2.53. The second-order valence-electron chi connectivity index (χ2n) is 4.98. The van der Waals surface area contributed by atoms with Crippen LogP contribution in [0.1, 0.15) is 25.3 Å². The van der Waals surface area contributed by atoms with E-state index in [-0.39, 0.29) is 18.2 Å². The summed E-state index contributed by atoms with van der Waals surface area (Å²) >= 11 is 0. The van der Waals surface area contributed by atoms with Crippen molar-refractivity contribution in [3.05, 3.63) is 35.9 Å². The van der Waals surface area contributed by atoms with Crippen molar-refractivity contribution in [2.24, 2.45) is 5.92 Å². The first kappa shape index (κ1) is 14.5. The number of carbonyl (C=O) groups is 2. The molecule has 1 aliphatic heterocycles. The molecule has 0 bridgehead atoms. The highest BCUT2D eigenvalue weighted by Gasteiger charge is 2.41. The highest BCUT2D eigenvalue weighted by Crippen LogP contribution is 2.27. The van der Waals surface area contributed by atoms with Crippen LogP contribution in [0.4, 0.5) is 0 Å². The summed E-state index contributed by atoms with van der Waals surface area (Å²) in [5, 5.41) is 12.3. The predicted octanol–water partition coefficient (Wildman–Crippen LogP) is 1.53. The summed E-state index contributed by atoms with van der Waals surface area (Å²) < 4.78 is 5.18. The Morgan fingerprint density at radius 2 is 2.10 bits per heavy atom. The molecule has 0 aliphatic carbocycles. The summed E-state index contributed by atoms with van der Waals surface area (Å²) in [5.41, 5.74) is -0.789. The lowest BCUT2D eigenvalue weighted by atomic mass is 9.86. The molecule has 2 atom stereocenters. The first-order chi connectivity index (χ1) is 9.60. The van der Waals surface area contributed by atoms with Gasteiger partial charge in [0.05, 0.1) is 12.5 Å². The smallest absolute Gasteiger partial charge is 0.334 e. The quantitative estimate of drug-likeness (QED) is 0.855. The zero-order valence-corrected chi connectivity index (χ0v) is 11.5. The Hall–Kier alpha value is -1.88. The van der Waals surface area contributed by atoms with Gasteiger partial charge in [-0.05, 0) is 18.4 Å². The molecule has 0 saturated carbocycles. The van der Waals surface area contributed by atoms with Gasteiger partial charge in [0.25, 0.3) is 0 Å². The molecule has 0 aromatic heterocycles. The van der Waals surface area contributed by atoms with E-state index in [1.807, 2.05) is 6.07 Å². The van der Waals surface area contributed by atoms with E-state index in [4.69, 9.17) is 4.74 Å². The molecule has 1 heterocycles. The standard InChI is InChI=1S/C15H19NO4/c1-2-15(14(18)19,12-6-4-3-5-7-12)16-13(17)11-8-9-20-10-11/h3-7,11H,2,8-10H2,1H3,(H,16,17)(H,18,19)/t11-,15+/m1/s1. The number of hydrogen-bond acceptors (Lipinski definition) is 3. The summed E-state index contributed by atoms with van der Waals surface area (Å²) in [6, 6.07) is 8.81. The lowest BCUT2D eigenvalue weighted by molar-refractivity contribution is -0.149. The highest BCUT2D eigenvalue weighted by atomic mass is 16.5. The largest absolute Gasteiger partial charge is 0.479 e. The van der Waals surface area contributed by atoms with Crippen LogP contribution in [0.5, 0.6) is 0 Å². The molecule has 1 aromatic carbocycles. The molecular weight excluding hydrogens is 258 g/mol. The fourth-order valence-electron chi connectivity index (χ4n) is 2.47. The van der Waals surface area contributed by atoms with Crippen LogP contribution >= 0.6 is 0 Å². The van der Waals surface area contributed by atoms with E-state index in [9.17, 15) is 14.7 Å². The van der Waals surface area contributed by atoms with Gasteiger partial charge < -0.3 is 15.2 Å². The summed E-state index contributed by atoms with van der Waals surface area (Å²) in [6.07, 6.45) is 0.922. The first-order valence-electron chi connectivity index (χ1n) is 6.79. The van der Waals surface area contributed by atoms with E-state index in [1.54, 1.807) is 31.2 Å². The Labute approximate surface area is 117 Å². The molecule has 5 heteroatoms. The number of amides is 1. The number of rotatable bonds is 5. The van der Waals surface area contributed by atoms with Gasteiger partial charge in [0, 0.05) is 6.61 Å². The van der Waals surface area contributed by atoms with Crippen LogP contribution in [0, 0.1) is 5.92 Å². The third-order valence-electron chi connectivity index (χ3n) is 3.80. The molecule has 0 spiro atoms. The number of benzene rings is 1. The number of hydrogen-bond donors (Lipinski definition) is 2. The predicted molar refractivity (Wildman–Crippen MR) is 73.1 cm³/mol. The third-order valence-corrected chi connectivity index (χ3v) is 3.80. The van der Waals surface area contributed by atoms with Gasteiger partial charge in [-0.25, -0.2) is 4.79 Å². The number of carbonyl (C=O) groups excluding carboxylic acids is 1. The Bertz CT molecular complexity index is 482. The van der Waals surface area contributed by atoms with E-state index >= 15 is 0 Å². The second kappa shape index (κ2) is 6.05. The summed E-state index contributed by atoms with van der Waals surface area (Å²) in [6.45, 7) is 2.67. The maximum Gasteiger partial charge on any atom is 0.334 e. The van der Waals surface area contributed by atoms with E-state index in [1.165, 1.54) is 0 Å². The van der Waals surface area contributed by atoms with Crippen molar-refractivity contribution >= 4 is 11.9 Å². The summed E-state index contributed by atoms with van der Waals surface area (Å²) in [4.78, 5) is 24.0. The van der Waals surface area contributed by atoms with Crippen LogP contribution in [-0.2, 0) is 19.9 Å². The molecule has 5 nitrogen and oxygen atoms in total. The lowest BCUT2D eigenvalue weighted by Gasteiger charge is -2.31. The van der Waals surface area contributed by atoms with Gasteiger partial charge in [0.15, 0.2) is 5.54 Å². The van der Waals surface area contributed by atoms with Gasteiger partial charge in [-0.1, -0.05) is 37.3 Å². The van der Waals surface area contributed by atoms with Gasteiger partial charge in [-0.2, -0.15) is 0 Å². The van der Waals surface area contributed by atoms with Crippen molar-refractivity contribution in [2.45, 2.75) is 25.3 Å². The Morgan fingerprint density at radius 3 is 2.60 bits per heavy atom. The molecule has 2 rings (SSSR count). The van der Waals surface area contributed by atoms with Gasteiger partial charge in [0.1, 0.15) is 0 Å². The number of nitrogens with one attached hydrogen (secondary N) is 1. The number of carboxylic acid groups (broad SMARTS) is 1. The maximum atomic E-state index is 12.2. The molecule has 1 fully saturated rings. The number of carboxylic acids is 1. The zero-order chi connectivity index (χ0) is 14.6. The molecule has 20 heavy (non-hydrogen) atoms. The summed E-state index contributed by atoms with van der Waals surface area (Å²) in [7, 11) is 0. The molecule has 108 valence electrons. The molecule has 2 N–H and O–H groups in total. The third kappa shape index (κ3) is 2.67. The van der Waals surface area contributed by atoms with Gasteiger partial charge >= 0.3 is 5.97 Å². The van der Waals surface area contributed by atoms with Crippen LogP contribution in [0.25, 0.3) is 0 Å². The van der Waals surface area contributed by atoms with Crippen molar-refractivity contribution in [1.29, 1.82) is 0 Å². The Balaban J connectivity index is 2.27. The molecule has 1 aromatic rings. The van der Waals surface area contributed by atoms with Crippen molar-refractivity contribution < 1.29 is 19.4 Å². The Morgan fingerprint density at radius 1 is 1.40 bits per heavy atom. The first-order valence-corrected chi connectivity index (χ1v) is 6.79. The van der Waals surface area contributed by atoms with Crippen LogP contribution in [0.2, 0.25) is 0 Å². The van der Waals surface area contributed by atoms with E-state index < -0.39 is 11.5 Å². The maximum absolute atomic E-state index is 12.2. The van der Waals surface area contributed by atoms with E-state index in [0.717, 1.165) is 0 Å². The minimum Gasteiger partial charge on any atom is -0.479 e.